The number of piperazine rings is 1. The number of nitrogens with zero attached hydrogens (tertiary/aromatic N) is 2. The minimum Gasteiger partial charge on any atom is -0.478 e. The monoisotopic (exact) mass is 341 g/mol. The van der Waals surface area contributed by atoms with Crippen LogP contribution in [0.3, 0.4) is 0 Å². The van der Waals surface area contributed by atoms with Crippen LogP contribution in [-0.2, 0) is 4.74 Å². The number of anilines is 1. The lowest BCUT2D eigenvalue weighted by atomic mass is 9.99. The van der Waals surface area contributed by atoms with Crippen molar-refractivity contribution in [2.75, 3.05) is 38.3 Å². The van der Waals surface area contributed by atoms with E-state index in [1.54, 1.807) is 7.11 Å². The second kappa shape index (κ2) is 8.83. The first-order valence-corrected chi connectivity index (χ1v) is 8.95. The molecule has 0 spiro atoms. The first-order valence-electron chi connectivity index (χ1n) is 8.95. The van der Waals surface area contributed by atoms with Crippen LogP contribution in [-0.4, -0.2) is 44.4 Å². The molecule has 0 aliphatic carbocycles. The van der Waals surface area contributed by atoms with Crippen LogP contribution in [0.15, 0.2) is 48.7 Å². The fourth-order valence-electron chi connectivity index (χ4n) is 3.40. The average Bonchev–Trinajstić information content (AvgIpc) is 2.67. The van der Waals surface area contributed by atoms with Crippen molar-refractivity contribution in [3.63, 3.8) is 0 Å². The minimum atomic E-state index is 0.0850. The Morgan fingerprint density at radius 3 is 2.88 bits per heavy atom. The van der Waals surface area contributed by atoms with Crippen molar-refractivity contribution in [1.82, 2.24) is 10.3 Å². The molecule has 0 amide bonds. The molecule has 2 aromatic rings. The molecule has 1 saturated heterocycles. The lowest BCUT2D eigenvalue weighted by Crippen LogP contribution is -2.52. The van der Waals surface area contributed by atoms with Crippen LogP contribution < -0.4 is 15.0 Å². The van der Waals surface area contributed by atoms with Gasteiger partial charge in [-0.3, -0.25) is 0 Å². The third-order valence-electron chi connectivity index (χ3n) is 4.63. The molecule has 2 heterocycles. The molecule has 3 rings (SSSR count). The summed E-state index contributed by atoms with van der Waals surface area (Å²) < 4.78 is 11.4. The van der Waals surface area contributed by atoms with E-state index in [0.717, 1.165) is 31.7 Å². The van der Waals surface area contributed by atoms with Crippen LogP contribution in [0, 0.1) is 0 Å². The maximum absolute atomic E-state index is 5.79. The number of ether oxygens (including phenoxy) is 2. The molecule has 0 radical (unpaired) electrons. The summed E-state index contributed by atoms with van der Waals surface area (Å²) in [6.07, 6.45) is 2.84. The van der Waals surface area contributed by atoms with E-state index in [1.165, 1.54) is 5.56 Å². The lowest BCUT2D eigenvalue weighted by Gasteiger charge is -2.39. The fourth-order valence-corrected chi connectivity index (χ4v) is 3.40. The zero-order valence-corrected chi connectivity index (χ0v) is 15.0. The van der Waals surface area contributed by atoms with Gasteiger partial charge in [-0.25, -0.2) is 4.98 Å². The maximum Gasteiger partial charge on any atom is 0.215 e. The SMILES string of the molecule is CCOc1cc(N2CCNC[C@@H]2C[C@H](OC)c2ccccc2)ccn1. The quantitative estimate of drug-likeness (QED) is 0.839. The number of nitrogens with one attached hydrogen (secondary N) is 1. The van der Waals surface area contributed by atoms with E-state index in [0.29, 0.717) is 18.5 Å². The van der Waals surface area contributed by atoms with Gasteiger partial charge in [0.25, 0.3) is 0 Å². The van der Waals surface area contributed by atoms with Gasteiger partial charge < -0.3 is 19.7 Å². The highest BCUT2D eigenvalue weighted by molar-refractivity contribution is 5.49. The van der Waals surface area contributed by atoms with Crippen LogP contribution in [0.1, 0.15) is 25.0 Å². The highest BCUT2D eigenvalue weighted by atomic mass is 16.5. The number of aromatic nitrogens is 1. The molecule has 1 aliphatic heterocycles. The Kier molecular flexibility index (Phi) is 6.25. The van der Waals surface area contributed by atoms with E-state index >= 15 is 0 Å². The van der Waals surface area contributed by atoms with Gasteiger partial charge in [0.1, 0.15) is 0 Å². The maximum atomic E-state index is 5.79. The van der Waals surface area contributed by atoms with Crippen molar-refractivity contribution in [3.8, 4) is 5.88 Å². The van der Waals surface area contributed by atoms with Gasteiger partial charge in [-0.05, 0) is 25.0 Å². The molecule has 0 unspecified atom stereocenters. The van der Waals surface area contributed by atoms with Crippen molar-refractivity contribution in [2.45, 2.75) is 25.5 Å². The molecule has 0 bridgehead atoms. The van der Waals surface area contributed by atoms with Gasteiger partial charge in [-0.15, -0.1) is 0 Å². The molecule has 5 heteroatoms. The predicted molar refractivity (Wildman–Crippen MR) is 100 cm³/mol. The van der Waals surface area contributed by atoms with E-state index in [-0.39, 0.29) is 6.10 Å². The molecule has 1 aliphatic rings. The Hall–Kier alpha value is -2.11. The van der Waals surface area contributed by atoms with Crippen molar-refractivity contribution >= 4 is 5.69 Å². The van der Waals surface area contributed by atoms with Crippen molar-refractivity contribution < 1.29 is 9.47 Å². The number of hydrogen-bond acceptors (Lipinski definition) is 5. The second-order valence-corrected chi connectivity index (χ2v) is 6.21. The Bertz CT molecular complexity index is 650. The molecule has 0 saturated carbocycles. The standard InChI is InChI=1S/C20H27N3O2/c1-3-25-20-14-17(9-10-22-20)23-12-11-21-15-18(23)13-19(24-2)16-7-5-4-6-8-16/h4-10,14,18-19,21H,3,11-13,15H2,1-2H3/t18-,19-/m0/s1. The molecule has 1 aromatic carbocycles. The summed E-state index contributed by atoms with van der Waals surface area (Å²) in [5, 5.41) is 3.51. The van der Waals surface area contributed by atoms with Crippen molar-refractivity contribution in [1.29, 1.82) is 0 Å². The highest BCUT2D eigenvalue weighted by Gasteiger charge is 2.26. The normalized spacial score (nSPS) is 18.8. The van der Waals surface area contributed by atoms with Crippen LogP contribution in [0.25, 0.3) is 0 Å². The first kappa shape index (κ1) is 17.7. The molecule has 5 nitrogen and oxygen atoms in total. The number of pyridine rings is 1. The number of methoxy groups -OCH3 is 1. The van der Waals surface area contributed by atoms with Crippen LogP contribution in [0.4, 0.5) is 5.69 Å². The number of rotatable bonds is 7. The van der Waals surface area contributed by atoms with Gasteiger partial charge in [-0.2, -0.15) is 0 Å². The van der Waals surface area contributed by atoms with E-state index in [9.17, 15) is 0 Å². The number of benzene rings is 1. The topological polar surface area (TPSA) is 46.6 Å². The molecule has 25 heavy (non-hydrogen) atoms. The van der Waals surface area contributed by atoms with Gasteiger partial charge in [0.15, 0.2) is 0 Å². The summed E-state index contributed by atoms with van der Waals surface area (Å²) >= 11 is 0. The van der Waals surface area contributed by atoms with Gasteiger partial charge in [0.2, 0.25) is 5.88 Å². The molecule has 1 N–H and O–H groups in total. The molecular weight excluding hydrogens is 314 g/mol. The smallest absolute Gasteiger partial charge is 0.215 e. The fraction of sp³-hybridized carbons (Fsp3) is 0.450. The van der Waals surface area contributed by atoms with Crippen LogP contribution in [0.5, 0.6) is 5.88 Å². The summed E-state index contributed by atoms with van der Waals surface area (Å²) in [5.74, 6) is 0.684. The average molecular weight is 341 g/mol. The van der Waals surface area contributed by atoms with Crippen LogP contribution in [0.2, 0.25) is 0 Å². The molecule has 2 atom stereocenters. The third-order valence-corrected chi connectivity index (χ3v) is 4.63. The van der Waals surface area contributed by atoms with Crippen LogP contribution >= 0.6 is 0 Å². The Morgan fingerprint density at radius 1 is 1.28 bits per heavy atom. The molecule has 1 fully saturated rings. The zero-order valence-electron chi connectivity index (χ0n) is 15.0. The van der Waals surface area contributed by atoms with Gasteiger partial charge in [0, 0.05) is 50.7 Å². The molecular formula is C20H27N3O2. The Balaban J connectivity index is 1.77. The largest absolute Gasteiger partial charge is 0.478 e. The van der Waals surface area contributed by atoms with Crippen molar-refractivity contribution in [2.24, 2.45) is 0 Å². The minimum absolute atomic E-state index is 0.0850. The zero-order chi connectivity index (χ0) is 17.5. The Morgan fingerprint density at radius 2 is 2.12 bits per heavy atom. The predicted octanol–water partition coefficient (Wildman–Crippen LogP) is 3.04. The van der Waals surface area contributed by atoms with Gasteiger partial charge in [-0.1, -0.05) is 30.3 Å². The summed E-state index contributed by atoms with van der Waals surface area (Å²) in [5.41, 5.74) is 2.38. The van der Waals surface area contributed by atoms with E-state index in [1.807, 2.05) is 25.3 Å². The summed E-state index contributed by atoms with van der Waals surface area (Å²) in [6.45, 7) is 5.49. The second-order valence-electron chi connectivity index (χ2n) is 6.21. The first-order chi connectivity index (χ1) is 12.3. The van der Waals surface area contributed by atoms with E-state index in [2.05, 4.69) is 45.5 Å². The molecule has 134 valence electrons. The third kappa shape index (κ3) is 4.50. The Labute approximate surface area is 150 Å². The lowest BCUT2D eigenvalue weighted by molar-refractivity contribution is 0.0871. The summed E-state index contributed by atoms with van der Waals surface area (Å²) in [7, 11) is 1.79. The van der Waals surface area contributed by atoms with E-state index in [4.69, 9.17) is 9.47 Å². The van der Waals surface area contributed by atoms with E-state index < -0.39 is 0 Å². The number of hydrogen-bond donors (Lipinski definition) is 1. The van der Waals surface area contributed by atoms with Crippen molar-refractivity contribution in [3.05, 3.63) is 54.2 Å². The van der Waals surface area contributed by atoms with Gasteiger partial charge >= 0.3 is 0 Å². The van der Waals surface area contributed by atoms with Gasteiger partial charge in [0.05, 0.1) is 12.7 Å². The highest BCUT2D eigenvalue weighted by Crippen LogP contribution is 2.28. The summed E-state index contributed by atoms with van der Waals surface area (Å²) in [4.78, 5) is 6.72. The summed E-state index contributed by atoms with van der Waals surface area (Å²) in [6, 6.07) is 14.9. The molecule has 1 aromatic heterocycles.